The van der Waals surface area contributed by atoms with E-state index < -0.39 is 0 Å². The standard InChI is InChI=1S/C25H29N5O/c1-18-8-10-19(11-9-18)14-24(31)30-13-5-7-21(17-30)22-15-23(29(2)3)28-25(27-22)20-6-4-12-26-16-20/h4,6,8-12,15-16,21H,5,7,13-14,17H2,1-3H3/t21-/m0/s1. The first-order valence-electron chi connectivity index (χ1n) is 10.8. The Hall–Kier alpha value is -3.28. The van der Waals surface area contributed by atoms with Gasteiger partial charge in [-0.05, 0) is 37.5 Å². The second-order valence-corrected chi connectivity index (χ2v) is 8.45. The van der Waals surface area contributed by atoms with E-state index in [0.717, 1.165) is 42.0 Å². The summed E-state index contributed by atoms with van der Waals surface area (Å²) in [4.78, 5) is 30.8. The van der Waals surface area contributed by atoms with Crippen molar-refractivity contribution in [2.45, 2.75) is 32.1 Å². The summed E-state index contributed by atoms with van der Waals surface area (Å²) in [6.45, 7) is 3.56. The Morgan fingerprint density at radius 2 is 1.97 bits per heavy atom. The number of likely N-dealkylation sites (tertiary alicyclic amines) is 1. The molecule has 1 fully saturated rings. The maximum atomic E-state index is 13.0. The molecular formula is C25H29N5O. The van der Waals surface area contributed by atoms with Crippen molar-refractivity contribution in [3.63, 3.8) is 0 Å². The molecule has 0 N–H and O–H groups in total. The largest absolute Gasteiger partial charge is 0.363 e. The molecule has 0 unspecified atom stereocenters. The summed E-state index contributed by atoms with van der Waals surface area (Å²) < 4.78 is 0. The molecule has 6 nitrogen and oxygen atoms in total. The predicted octanol–water partition coefficient (Wildman–Crippen LogP) is 3.86. The van der Waals surface area contributed by atoms with E-state index in [0.29, 0.717) is 18.8 Å². The zero-order valence-electron chi connectivity index (χ0n) is 18.5. The first kappa shape index (κ1) is 21.0. The van der Waals surface area contributed by atoms with Gasteiger partial charge in [-0.2, -0.15) is 0 Å². The Bertz CT molecular complexity index is 1030. The quantitative estimate of drug-likeness (QED) is 0.633. The topological polar surface area (TPSA) is 62.2 Å². The van der Waals surface area contributed by atoms with Gasteiger partial charge in [0.15, 0.2) is 5.82 Å². The molecule has 0 radical (unpaired) electrons. The van der Waals surface area contributed by atoms with Crippen molar-refractivity contribution >= 4 is 11.7 Å². The monoisotopic (exact) mass is 415 g/mol. The van der Waals surface area contributed by atoms with Crippen LogP contribution >= 0.6 is 0 Å². The highest BCUT2D eigenvalue weighted by Gasteiger charge is 2.26. The lowest BCUT2D eigenvalue weighted by Crippen LogP contribution is -2.40. The van der Waals surface area contributed by atoms with Crippen LogP contribution in [0.4, 0.5) is 5.82 Å². The highest BCUT2D eigenvalue weighted by atomic mass is 16.2. The molecule has 6 heteroatoms. The van der Waals surface area contributed by atoms with Crippen LogP contribution in [0.25, 0.3) is 11.4 Å². The highest BCUT2D eigenvalue weighted by Crippen LogP contribution is 2.29. The lowest BCUT2D eigenvalue weighted by molar-refractivity contribution is -0.131. The van der Waals surface area contributed by atoms with Crippen LogP contribution in [-0.2, 0) is 11.2 Å². The maximum absolute atomic E-state index is 13.0. The summed E-state index contributed by atoms with van der Waals surface area (Å²) in [6.07, 6.45) is 5.98. The molecule has 1 amide bonds. The molecular weight excluding hydrogens is 386 g/mol. The summed E-state index contributed by atoms with van der Waals surface area (Å²) in [7, 11) is 3.97. The zero-order valence-corrected chi connectivity index (χ0v) is 18.5. The number of hydrogen-bond acceptors (Lipinski definition) is 5. The van der Waals surface area contributed by atoms with Crippen LogP contribution in [0.1, 0.15) is 35.6 Å². The second-order valence-electron chi connectivity index (χ2n) is 8.45. The fraction of sp³-hybridized carbons (Fsp3) is 0.360. The SMILES string of the molecule is Cc1ccc(CC(=O)N2CCC[C@H](c3cc(N(C)C)nc(-c4cccnc4)n3)C2)cc1. The molecule has 0 aliphatic carbocycles. The Morgan fingerprint density at radius 3 is 2.68 bits per heavy atom. The fourth-order valence-electron chi connectivity index (χ4n) is 3.95. The Labute approximate surface area is 184 Å². The lowest BCUT2D eigenvalue weighted by Gasteiger charge is -2.33. The number of aryl methyl sites for hydroxylation is 1. The average molecular weight is 416 g/mol. The molecule has 0 spiro atoms. The Kier molecular flexibility index (Phi) is 6.26. The van der Waals surface area contributed by atoms with Crippen molar-refractivity contribution in [3.05, 3.63) is 71.7 Å². The van der Waals surface area contributed by atoms with Crippen LogP contribution < -0.4 is 4.90 Å². The molecule has 0 bridgehead atoms. The van der Waals surface area contributed by atoms with Crippen LogP contribution in [0.15, 0.2) is 54.9 Å². The molecule has 1 saturated heterocycles. The van der Waals surface area contributed by atoms with Crippen LogP contribution in [0.5, 0.6) is 0 Å². The third-order valence-corrected chi connectivity index (χ3v) is 5.78. The number of amides is 1. The van der Waals surface area contributed by atoms with Gasteiger partial charge in [-0.25, -0.2) is 9.97 Å². The normalized spacial score (nSPS) is 16.2. The minimum absolute atomic E-state index is 0.183. The number of benzene rings is 1. The first-order chi connectivity index (χ1) is 15.0. The number of aromatic nitrogens is 3. The molecule has 4 rings (SSSR count). The van der Waals surface area contributed by atoms with E-state index in [9.17, 15) is 4.79 Å². The molecule has 1 aliphatic heterocycles. The smallest absolute Gasteiger partial charge is 0.227 e. The first-order valence-corrected chi connectivity index (χ1v) is 10.8. The van der Waals surface area contributed by atoms with Gasteiger partial charge >= 0.3 is 0 Å². The number of nitrogens with zero attached hydrogens (tertiary/aromatic N) is 5. The van der Waals surface area contributed by atoms with E-state index >= 15 is 0 Å². The number of carbonyl (C=O) groups is 1. The summed E-state index contributed by atoms with van der Waals surface area (Å²) in [6, 6.07) is 14.1. The van der Waals surface area contributed by atoms with E-state index in [4.69, 9.17) is 9.97 Å². The molecule has 3 aromatic rings. The summed E-state index contributed by atoms with van der Waals surface area (Å²) in [5, 5.41) is 0. The van der Waals surface area contributed by atoms with Gasteiger partial charge in [-0.3, -0.25) is 9.78 Å². The van der Waals surface area contributed by atoms with Crippen molar-refractivity contribution in [3.8, 4) is 11.4 Å². The maximum Gasteiger partial charge on any atom is 0.227 e. The van der Waals surface area contributed by atoms with E-state index in [1.807, 2.05) is 48.2 Å². The van der Waals surface area contributed by atoms with Crippen LogP contribution in [-0.4, -0.2) is 52.9 Å². The third-order valence-electron chi connectivity index (χ3n) is 5.78. The van der Waals surface area contributed by atoms with Gasteiger partial charge in [0.05, 0.1) is 12.1 Å². The molecule has 2 aromatic heterocycles. The van der Waals surface area contributed by atoms with Gasteiger partial charge in [-0.15, -0.1) is 0 Å². The number of anilines is 1. The van der Waals surface area contributed by atoms with Crippen LogP contribution in [0.2, 0.25) is 0 Å². The van der Waals surface area contributed by atoms with Gasteiger partial charge < -0.3 is 9.80 Å². The van der Waals surface area contributed by atoms with Crippen molar-refractivity contribution in [2.24, 2.45) is 0 Å². The van der Waals surface area contributed by atoms with Gasteiger partial charge in [0.1, 0.15) is 5.82 Å². The van der Waals surface area contributed by atoms with Crippen LogP contribution in [0, 0.1) is 6.92 Å². The summed E-state index contributed by atoms with van der Waals surface area (Å²) in [5.74, 6) is 1.93. The van der Waals surface area contributed by atoms with Gasteiger partial charge in [0.25, 0.3) is 0 Å². The molecule has 1 aromatic carbocycles. The van der Waals surface area contributed by atoms with Crippen LogP contribution in [0.3, 0.4) is 0 Å². The van der Waals surface area contributed by atoms with E-state index in [-0.39, 0.29) is 11.8 Å². The molecule has 1 aliphatic rings. The van der Waals surface area contributed by atoms with Crippen molar-refractivity contribution in [1.82, 2.24) is 19.9 Å². The molecule has 31 heavy (non-hydrogen) atoms. The number of pyridine rings is 1. The summed E-state index contributed by atoms with van der Waals surface area (Å²) >= 11 is 0. The zero-order chi connectivity index (χ0) is 21.8. The number of hydrogen-bond donors (Lipinski definition) is 0. The minimum atomic E-state index is 0.183. The van der Waals surface area contributed by atoms with Crippen molar-refractivity contribution in [2.75, 3.05) is 32.1 Å². The molecule has 160 valence electrons. The van der Waals surface area contributed by atoms with E-state index in [2.05, 4.69) is 30.1 Å². The third kappa shape index (κ3) is 5.08. The predicted molar refractivity (Wildman–Crippen MR) is 123 cm³/mol. The van der Waals surface area contributed by atoms with E-state index in [1.54, 1.807) is 12.4 Å². The van der Waals surface area contributed by atoms with E-state index in [1.165, 1.54) is 5.56 Å². The average Bonchev–Trinajstić information content (AvgIpc) is 2.81. The molecule has 1 atom stereocenters. The lowest BCUT2D eigenvalue weighted by atomic mass is 9.93. The Morgan fingerprint density at radius 1 is 1.16 bits per heavy atom. The molecule has 3 heterocycles. The summed E-state index contributed by atoms with van der Waals surface area (Å²) in [5.41, 5.74) is 4.16. The second kappa shape index (κ2) is 9.25. The highest BCUT2D eigenvalue weighted by molar-refractivity contribution is 5.79. The van der Waals surface area contributed by atoms with Gasteiger partial charge in [0, 0.05) is 57.1 Å². The van der Waals surface area contributed by atoms with Gasteiger partial charge in [0.2, 0.25) is 5.91 Å². The number of carbonyl (C=O) groups excluding carboxylic acids is 1. The Balaban J connectivity index is 1.55. The number of piperidine rings is 1. The van der Waals surface area contributed by atoms with Crippen molar-refractivity contribution in [1.29, 1.82) is 0 Å². The fourth-order valence-corrected chi connectivity index (χ4v) is 3.95. The minimum Gasteiger partial charge on any atom is -0.363 e. The number of rotatable bonds is 5. The molecule has 0 saturated carbocycles. The van der Waals surface area contributed by atoms with Crippen molar-refractivity contribution < 1.29 is 4.79 Å². The van der Waals surface area contributed by atoms with Gasteiger partial charge in [-0.1, -0.05) is 29.8 Å².